The highest BCUT2D eigenvalue weighted by atomic mass is 32.2. The number of nitrogens with zero attached hydrogens (tertiary/aromatic N) is 4. The van der Waals surface area contributed by atoms with Gasteiger partial charge in [0.1, 0.15) is 0 Å². The van der Waals surface area contributed by atoms with Crippen LogP contribution in [-0.2, 0) is 38.9 Å². The van der Waals surface area contributed by atoms with E-state index < -0.39 is 15.9 Å². The first kappa shape index (κ1) is 22.3. The molecule has 3 heterocycles. The topological polar surface area (TPSA) is 119 Å². The molecule has 1 aromatic heterocycles. The molecule has 2 saturated heterocycles. The van der Waals surface area contributed by atoms with Crippen LogP contribution in [0.4, 0.5) is 0 Å². The third-order valence-electron chi connectivity index (χ3n) is 5.63. The van der Waals surface area contributed by atoms with E-state index in [0.717, 1.165) is 44.1 Å². The first-order valence-electron chi connectivity index (χ1n) is 10.4. The molecule has 3 atom stereocenters. The number of aliphatic hydroxyl groups is 1. The average molecular weight is 452 g/mol. The van der Waals surface area contributed by atoms with E-state index >= 15 is 0 Å². The fraction of sp³-hybridized carbons (Fsp3) is 0.600. The van der Waals surface area contributed by atoms with Crippen molar-refractivity contribution in [3.8, 4) is 0 Å². The number of ether oxygens (including phenoxy) is 2. The van der Waals surface area contributed by atoms with E-state index in [4.69, 9.17) is 9.47 Å². The van der Waals surface area contributed by atoms with Gasteiger partial charge in [0.15, 0.2) is 9.84 Å². The van der Waals surface area contributed by atoms with Gasteiger partial charge in [0.05, 0.1) is 55.2 Å². The van der Waals surface area contributed by atoms with Crippen LogP contribution < -0.4 is 5.32 Å². The van der Waals surface area contributed by atoms with Gasteiger partial charge < -0.3 is 19.9 Å². The Balaban J connectivity index is 1.32. The highest BCUT2D eigenvalue weighted by Gasteiger charge is 2.36. The van der Waals surface area contributed by atoms with Crippen molar-refractivity contribution in [2.45, 2.75) is 42.8 Å². The van der Waals surface area contributed by atoms with E-state index in [2.05, 4.69) is 20.5 Å². The van der Waals surface area contributed by atoms with Gasteiger partial charge in [0.25, 0.3) is 0 Å². The lowest BCUT2D eigenvalue weighted by atomic mass is 10.1. The van der Waals surface area contributed by atoms with Gasteiger partial charge in [0.2, 0.25) is 0 Å². The first-order chi connectivity index (χ1) is 14.9. The third kappa shape index (κ3) is 5.88. The Kier molecular flexibility index (Phi) is 6.99. The Bertz CT molecular complexity index is 959. The fourth-order valence-corrected chi connectivity index (χ4v) is 4.50. The van der Waals surface area contributed by atoms with Crippen LogP contribution in [0, 0.1) is 0 Å². The van der Waals surface area contributed by atoms with E-state index in [-0.39, 0.29) is 23.6 Å². The minimum Gasteiger partial charge on any atom is -0.389 e. The number of sulfone groups is 1. The molecular weight excluding hydrogens is 422 g/mol. The third-order valence-corrected chi connectivity index (χ3v) is 6.76. The summed E-state index contributed by atoms with van der Waals surface area (Å²) in [6.45, 7) is 5.24. The molecule has 0 spiro atoms. The predicted molar refractivity (Wildman–Crippen MR) is 112 cm³/mol. The van der Waals surface area contributed by atoms with Gasteiger partial charge in [-0.3, -0.25) is 4.90 Å². The van der Waals surface area contributed by atoms with Crippen LogP contribution in [0.15, 0.2) is 35.4 Å². The molecule has 170 valence electrons. The molecule has 0 aliphatic carbocycles. The first-order valence-corrected chi connectivity index (χ1v) is 12.3. The minimum absolute atomic E-state index is 0.247. The van der Waals surface area contributed by atoms with Gasteiger partial charge in [-0.05, 0) is 17.7 Å². The zero-order valence-corrected chi connectivity index (χ0v) is 18.4. The number of aliphatic hydroxyl groups excluding tert-OH is 1. The summed E-state index contributed by atoms with van der Waals surface area (Å²) in [6, 6.07) is 6.47. The molecule has 0 amide bonds. The molecule has 2 N–H and O–H groups in total. The molecule has 2 aromatic rings. The maximum Gasteiger partial charge on any atom is 0.175 e. The van der Waals surface area contributed by atoms with Crippen molar-refractivity contribution >= 4 is 9.84 Å². The summed E-state index contributed by atoms with van der Waals surface area (Å²) in [4.78, 5) is 2.57. The van der Waals surface area contributed by atoms with Crippen molar-refractivity contribution in [1.82, 2.24) is 25.2 Å². The van der Waals surface area contributed by atoms with Gasteiger partial charge in [-0.15, -0.1) is 5.10 Å². The Hall–Kier alpha value is -1.89. The van der Waals surface area contributed by atoms with Crippen LogP contribution in [0.25, 0.3) is 0 Å². The quantitative estimate of drug-likeness (QED) is 0.544. The second kappa shape index (κ2) is 9.72. The number of aromatic nitrogens is 3. The molecule has 0 bridgehead atoms. The van der Waals surface area contributed by atoms with E-state index in [9.17, 15) is 13.5 Å². The van der Waals surface area contributed by atoms with Crippen LogP contribution >= 0.6 is 0 Å². The summed E-state index contributed by atoms with van der Waals surface area (Å²) in [7, 11) is -3.22. The van der Waals surface area contributed by atoms with Crippen LogP contribution in [0.3, 0.4) is 0 Å². The second-order valence-corrected chi connectivity index (χ2v) is 10.1. The van der Waals surface area contributed by atoms with E-state index in [1.807, 2.05) is 6.20 Å². The normalized spacial score (nSPS) is 25.2. The minimum atomic E-state index is -3.22. The molecule has 0 unspecified atom stereocenters. The summed E-state index contributed by atoms with van der Waals surface area (Å²) < 4.78 is 36.1. The summed E-state index contributed by atoms with van der Waals surface area (Å²) in [6.07, 6.45) is 2.23. The summed E-state index contributed by atoms with van der Waals surface area (Å²) in [5.74, 6) is 0. The zero-order valence-electron chi connectivity index (χ0n) is 17.6. The molecule has 0 saturated carbocycles. The average Bonchev–Trinajstić information content (AvgIpc) is 3.33. The monoisotopic (exact) mass is 451 g/mol. The molecule has 31 heavy (non-hydrogen) atoms. The van der Waals surface area contributed by atoms with Crippen molar-refractivity contribution in [3.63, 3.8) is 0 Å². The largest absolute Gasteiger partial charge is 0.389 e. The van der Waals surface area contributed by atoms with Gasteiger partial charge in [-0.1, -0.05) is 17.3 Å². The van der Waals surface area contributed by atoms with Crippen molar-refractivity contribution in [3.05, 3.63) is 41.7 Å². The second-order valence-electron chi connectivity index (χ2n) is 8.08. The molecule has 0 radical (unpaired) electrons. The number of nitrogens with one attached hydrogen (secondary N) is 1. The molecule has 11 heteroatoms. The van der Waals surface area contributed by atoms with Crippen molar-refractivity contribution in [2.24, 2.45) is 0 Å². The number of hydrogen-bond donors (Lipinski definition) is 2. The van der Waals surface area contributed by atoms with Crippen LogP contribution in [0.5, 0.6) is 0 Å². The Morgan fingerprint density at radius 3 is 2.68 bits per heavy atom. The van der Waals surface area contributed by atoms with E-state index in [0.29, 0.717) is 13.1 Å². The van der Waals surface area contributed by atoms with Crippen molar-refractivity contribution < 1.29 is 23.0 Å². The number of rotatable bonds is 8. The molecular formula is C20H29N5O5S. The standard InChI is InChI=1S/C20H29N5O5S/c1-31(27,28)17-4-2-15(3-5-17)10-21-20-18(26)14-30-19(20)13-25-12-16(22-23-25)11-24-6-8-29-9-7-24/h2-5,12,18-21,26H,6-11,13-14H2,1H3/t18-,19+,20+/m0/s1. The molecule has 4 rings (SSSR count). The van der Waals surface area contributed by atoms with E-state index in [1.54, 1.807) is 28.9 Å². The van der Waals surface area contributed by atoms with Crippen LogP contribution in [0.2, 0.25) is 0 Å². The van der Waals surface area contributed by atoms with Crippen LogP contribution in [-0.4, -0.2) is 90.8 Å². The lowest BCUT2D eigenvalue weighted by molar-refractivity contribution is 0.0336. The maximum absolute atomic E-state index is 11.6. The number of hydrogen-bond acceptors (Lipinski definition) is 9. The predicted octanol–water partition coefficient (Wildman–Crippen LogP) is -0.568. The molecule has 2 aliphatic heterocycles. The Labute approximate surface area is 182 Å². The molecule has 10 nitrogen and oxygen atoms in total. The zero-order chi connectivity index (χ0) is 21.8. The molecule has 1 aromatic carbocycles. The Morgan fingerprint density at radius 1 is 1.23 bits per heavy atom. The summed E-state index contributed by atoms with van der Waals surface area (Å²) in [5.41, 5.74) is 1.83. The highest BCUT2D eigenvalue weighted by molar-refractivity contribution is 7.90. The summed E-state index contributed by atoms with van der Waals surface area (Å²) in [5, 5.41) is 22.2. The number of morpholine rings is 1. The molecule has 2 aliphatic rings. The van der Waals surface area contributed by atoms with Gasteiger partial charge in [-0.2, -0.15) is 0 Å². The number of benzene rings is 1. The van der Waals surface area contributed by atoms with Gasteiger partial charge in [0, 0.05) is 38.6 Å². The lowest BCUT2D eigenvalue weighted by Gasteiger charge is -2.25. The summed E-state index contributed by atoms with van der Waals surface area (Å²) >= 11 is 0. The fourth-order valence-electron chi connectivity index (χ4n) is 3.87. The highest BCUT2D eigenvalue weighted by Crippen LogP contribution is 2.18. The molecule has 2 fully saturated rings. The lowest BCUT2D eigenvalue weighted by Crippen LogP contribution is -2.45. The van der Waals surface area contributed by atoms with Crippen molar-refractivity contribution in [2.75, 3.05) is 39.2 Å². The van der Waals surface area contributed by atoms with Gasteiger partial charge >= 0.3 is 0 Å². The maximum atomic E-state index is 11.6. The van der Waals surface area contributed by atoms with Gasteiger partial charge in [-0.25, -0.2) is 13.1 Å². The smallest absolute Gasteiger partial charge is 0.175 e. The Morgan fingerprint density at radius 2 is 1.97 bits per heavy atom. The van der Waals surface area contributed by atoms with Crippen molar-refractivity contribution in [1.29, 1.82) is 0 Å². The SMILES string of the molecule is CS(=O)(=O)c1ccc(CN[C@@H]2[C@@H](O)CO[C@@H]2Cn2cc(CN3CCOCC3)nn2)cc1. The van der Waals surface area contributed by atoms with E-state index in [1.165, 1.54) is 6.26 Å². The van der Waals surface area contributed by atoms with Crippen LogP contribution in [0.1, 0.15) is 11.3 Å².